The van der Waals surface area contributed by atoms with Gasteiger partial charge in [0.25, 0.3) is 0 Å². The standard InChI is InChI=1S/C55H102O5/c1-3-5-7-9-11-13-15-17-19-21-23-25-27-29-31-33-35-37-39-41-43-45-47-49-54(57)59-52-53(51-56)60-55(58)50-48-46-44-42-40-38-36-34-32-30-28-26-24-22-20-18-16-14-12-10-8-6-4-2/h34,36,41-44,53,56H,3-33,35,37-40,45-52H2,1-2H3/b36-34+,43-41+,44-42+/t53-/m0/s1. The van der Waals surface area contributed by atoms with Gasteiger partial charge in [-0.25, -0.2) is 0 Å². The summed E-state index contributed by atoms with van der Waals surface area (Å²) in [5.41, 5.74) is 0. The third kappa shape index (κ3) is 48.8. The van der Waals surface area contributed by atoms with Crippen molar-refractivity contribution in [1.29, 1.82) is 0 Å². The van der Waals surface area contributed by atoms with Gasteiger partial charge in [-0.2, -0.15) is 0 Å². The van der Waals surface area contributed by atoms with Crippen molar-refractivity contribution in [3.8, 4) is 0 Å². The summed E-state index contributed by atoms with van der Waals surface area (Å²) < 4.78 is 10.6. The van der Waals surface area contributed by atoms with Gasteiger partial charge in [0.1, 0.15) is 6.61 Å². The van der Waals surface area contributed by atoms with Gasteiger partial charge in [0.05, 0.1) is 6.61 Å². The molecular weight excluding hydrogens is 741 g/mol. The van der Waals surface area contributed by atoms with Crippen molar-refractivity contribution in [2.45, 2.75) is 290 Å². The number of rotatable bonds is 49. The highest BCUT2D eigenvalue weighted by molar-refractivity contribution is 5.70. The summed E-state index contributed by atoms with van der Waals surface area (Å²) in [5.74, 6) is -0.666. The van der Waals surface area contributed by atoms with Crippen molar-refractivity contribution >= 4 is 11.9 Å². The van der Waals surface area contributed by atoms with Crippen molar-refractivity contribution < 1.29 is 24.2 Å². The molecule has 0 rings (SSSR count). The fraction of sp³-hybridized carbons (Fsp3) is 0.855. The molecule has 352 valence electrons. The lowest BCUT2D eigenvalue weighted by atomic mass is 10.0. The molecule has 0 amide bonds. The Labute approximate surface area is 374 Å². The zero-order valence-electron chi connectivity index (χ0n) is 40.2. The minimum atomic E-state index is -0.803. The molecule has 0 radical (unpaired) electrons. The minimum Gasteiger partial charge on any atom is -0.462 e. The van der Waals surface area contributed by atoms with E-state index in [1.807, 2.05) is 0 Å². The summed E-state index contributed by atoms with van der Waals surface area (Å²) in [6.45, 7) is 4.13. The van der Waals surface area contributed by atoms with Crippen LogP contribution < -0.4 is 0 Å². The van der Waals surface area contributed by atoms with Crippen molar-refractivity contribution in [2.24, 2.45) is 0 Å². The normalized spacial score (nSPS) is 12.4. The van der Waals surface area contributed by atoms with Gasteiger partial charge in [0, 0.05) is 12.8 Å². The van der Waals surface area contributed by atoms with E-state index >= 15 is 0 Å². The van der Waals surface area contributed by atoms with Gasteiger partial charge < -0.3 is 14.6 Å². The Kier molecular flexibility index (Phi) is 49.9. The number of hydrogen-bond acceptors (Lipinski definition) is 5. The molecule has 0 aromatic heterocycles. The molecule has 5 nitrogen and oxygen atoms in total. The van der Waals surface area contributed by atoms with Gasteiger partial charge in [0.15, 0.2) is 6.10 Å². The number of esters is 2. The molecule has 0 fully saturated rings. The molecule has 60 heavy (non-hydrogen) atoms. The van der Waals surface area contributed by atoms with Gasteiger partial charge in [0.2, 0.25) is 0 Å². The lowest BCUT2D eigenvalue weighted by molar-refractivity contribution is -0.161. The molecule has 1 atom stereocenters. The third-order valence-electron chi connectivity index (χ3n) is 11.9. The second kappa shape index (κ2) is 51.5. The second-order valence-electron chi connectivity index (χ2n) is 17.9. The highest BCUT2D eigenvalue weighted by Gasteiger charge is 2.16. The van der Waals surface area contributed by atoms with Crippen LogP contribution in [0, 0.1) is 0 Å². The van der Waals surface area contributed by atoms with Crippen molar-refractivity contribution in [3.05, 3.63) is 36.5 Å². The van der Waals surface area contributed by atoms with E-state index in [9.17, 15) is 14.7 Å². The van der Waals surface area contributed by atoms with Crippen LogP contribution in [0.25, 0.3) is 0 Å². The summed E-state index contributed by atoms with van der Waals surface area (Å²) in [6.07, 6.45) is 65.5. The number of carbonyl (C=O) groups is 2. The Bertz CT molecular complexity index is 955. The molecule has 0 unspecified atom stereocenters. The SMILES string of the molecule is CCCCCCCCCCCCCCCC/C=C/CC/C=C/CCCC(=O)O[C@@H](CO)COC(=O)CCC/C=C/CCCCCCCCCCCCCCCCCCCC. The van der Waals surface area contributed by atoms with E-state index in [4.69, 9.17) is 9.47 Å². The number of aliphatic hydroxyl groups excluding tert-OH is 1. The monoisotopic (exact) mass is 843 g/mol. The Morgan fingerprint density at radius 3 is 0.950 bits per heavy atom. The fourth-order valence-electron chi connectivity index (χ4n) is 7.88. The number of allylic oxidation sites excluding steroid dienone is 6. The number of ether oxygens (including phenoxy) is 2. The van der Waals surface area contributed by atoms with E-state index in [1.165, 1.54) is 212 Å². The van der Waals surface area contributed by atoms with Crippen LogP contribution in [0.5, 0.6) is 0 Å². The molecule has 0 heterocycles. The van der Waals surface area contributed by atoms with Gasteiger partial charge in [-0.05, 0) is 64.2 Å². The van der Waals surface area contributed by atoms with E-state index in [2.05, 4.69) is 50.3 Å². The molecule has 1 N–H and O–H groups in total. The molecule has 5 heteroatoms. The Morgan fingerprint density at radius 2 is 0.633 bits per heavy atom. The Hall–Kier alpha value is -1.88. The molecule has 0 saturated carbocycles. The highest BCUT2D eigenvalue weighted by Crippen LogP contribution is 2.16. The second-order valence-corrected chi connectivity index (χ2v) is 17.9. The van der Waals surface area contributed by atoms with Gasteiger partial charge in [-0.1, -0.05) is 243 Å². The molecule has 0 saturated heterocycles. The first-order valence-electron chi connectivity index (χ1n) is 26.5. The topological polar surface area (TPSA) is 72.8 Å². The molecule has 0 aromatic rings. The van der Waals surface area contributed by atoms with Crippen LogP contribution in [0.2, 0.25) is 0 Å². The Morgan fingerprint density at radius 1 is 0.367 bits per heavy atom. The van der Waals surface area contributed by atoms with E-state index < -0.39 is 6.10 Å². The van der Waals surface area contributed by atoms with Crippen LogP contribution in [-0.2, 0) is 19.1 Å². The summed E-state index contributed by atoms with van der Waals surface area (Å²) in [6, 6.07) is 0. The predicted molar refractivity (Wildman–Crippen MR) is 261 cm³/mol. The van der Waals surface area contributed by atoms with Gasteiger partial charge in [-0.3, -0.25) is 9.59 Å². The maximum absolute atomic E-state index is 12.2. The van der Waals surface area contributed by atoms with Crippen LogP contribution in [0.3, 0.4) is 0 Å². The fourth-order valence-corrected chi connectivity index (χ4v) is 7.88. The van der Waals surface area contributed by atoms with Crippen LogP contribution in [0.1, 0.15) is 284 Å². The average molecular weight is 843 g/mol. The Balaban J connectivity index is 3.54. The van der Waals surface area contributed by atoms with Crippen molar-refractivity contribution in [2.75, 3.05) is 13.2 Å². The zero-order chi connectivity index (χ0) is 43.5. The van der Waals surface area contributed by atoms with E-state index in [-0.39, 0.29) is 25.2 Å². The summed E-state index contributed by atoms with van der Waals surface area (Å²) in [4.78, 5) is 24.4. The van der Waals surface area contributed by atoms with E-state index in [1.54, 1.807) is 0 Å². The lowest BCUT2D eigenvalue weighted by Crippen LogP contribution is -2.28. The summed E-state index contributed by atoms with van der Waals surface area (Å²) in [7, 11) is 0. The largest absolute Gasteiger partial charge is 0.462 e. The van der Waals surface area contributed by atoms with E-state index in [0.717, 1.165) is 38.5 Å². The van der Waals surface area contributed by atoms with E-state index in [0.29, 0.717) is 19.3 Å². The zero-order valence-corrected chi connectivity index (χ0v) is 40.2. The summed E-state index contributed by atoms with van der Waals surface area (Å²) >= 11 is 0. The molecule has 0 aliphatic rings. The smallest absolute Gasteiger partial charge is 0.306 e. The van der Waals surface area contributed by atoms with Crippen molar-refractivity contribution in [3.63, 3.8) is 0 Å². The first-order chi connectivity index (χ1) is 29.6. The maximum atomic E-state index is 12.2. The molecule has 0 aliphatic carbocycles. The first-order valence-corrected chi connectivity index (χ1v) is 26.5. The third-order valence-corrected chi connectivity index (χ3v) is 11.9. The summed E-state index contributed by atoms with van der Waals surface area (Å²) in [5, 5.41) is 9.62. The molecule has 0 spiro atoms. The molecule has 0 aromatic carbocycles. The van der Waals surface area contributed by atoms with Gasteiger partial charge >= 0.3 is 11.9 Å². The van der Waals surface area contributed by atoms with Crippen LogP contribution >= 0.6 is 0 Å². The lowest BCUT2D eigenvalue weighted by Gasteiger charge is -2.15. The quantitative estimate of drug-likeness (QED) is 0.0375. The van der Waals surface area contributed by atoms with Crippen molar-refractivity contribution in [1.82, 2.24) is 0 Å². The number of carbonyl (C=O) groups excluding carboxylic acids is 2. The predicted octanol–water partition coefficient (Wildman–Crippen LogP) is 17.5. The highest BCUT2D eigenvalue weighted by atomic mass is 16.6. The number of hydrogen-bond donors (Lipinski definition) is 1. The molecular formula is C55H102O5. The minimum absolute atomic E-state index is 0.0942. The van der Waals surface area contributed by atoms with Crippen LogP contribution in [0.4, 0.5) is 0 Å². The van der Waals surface area contributed by atoms with Gasteiger partial charge in [-0.15, -0.1) is 0 Å². The first kappa shape index (κ1) is 58.1. The number of aliphatic hydroxyl groups is 1. The average Bonchev–Trinajstić information content (AvgIpc) is 3.25. The van der Waals surface area contributed by atoms with Crippen LogP contribution in [0.15, 0.2) is 36.5 Å². The van der Waals surface area contributed by atoms with Crippen LogP contribution in [-0.4, -0.2) is 36.4 Å². The maximum Gasteiger partial charge on any atom is 0.306 e. The number of unbranched alkanes of at least 4 members (excludes halogenated alkanes) is 35. The molecule has 0 aliphatic heterocycles. The molecule has 0 bridgehead atoms.